The van der Waals surface area contributed by atoms with Crippen molar-refractivity contribution in [1.82, 2.24) is 4.31 Å². The first-order valence-corrected chi connectivity index (χ1v) is 3.88. The van der Waals surface area contributed by atoms with Crippen LogP contribution in [0.4, 0.5) is 0 Å². The van der Waals surface area contributed by atoms with E-state index in [4.69, 9.17) is 0 Å². The first-order chi connectivity index (χ1) is 3.48. The average molecular weight is 139 g/mol. The van der Waals surface area contributed by atoms with Crippen LogP contribution in [0.25, 0.3) is 0 Å². The lowest BCUT2D eigenvalue weighted by Crippen LogP contribution is -2.63. The maximum absolute atomic E-state index is 10.4. The van der Waals surface area contributed by atoms with Gasteiger partial charge in [-0.15, -0.1) is 0 Å². The summed E-state index contributed by atoms with van der Waals surface area (Å²) in [6.45, 7) is 2.23. The minimum Gasteiger partial charge on any atom is -0.238 e. The molecule has 0 aliphatic carbocycles. The van der Waals surface area contributed by atoms with Gasteiger partial charge in [-0.05, 0) is 0 Å². The highest BCUT2D eigenvalue weighted by Crippen LogP contribution is 1.81. The quantitative estimate of drug-likeness (QED) is 0.502. The van der Waals surface area contributed by atoms with Crippen molar-refractivity contribution in [1.29, 1.82) is 0 Å². The fraction of sp³-hybridized carbons (Fsp3) is 1.00. The molecule has 3 N–H and O–H groups in total. The van der Waals surface area contributed by atoms with Crippen LogP contribution >= 0.6 is 0 Å². The third kappa shape index (κ3) is 2.25. The summed E-state index contributed by atoms with van der Waals surface area (Å²) in [6.07, 6.45) is 0. The smallest absolute Gasteiger partial charge is 0.238 e. The molecule has 50 valence electrons. The third-order valence-electron chi connectivity index (χ3n) is 0.920. The van der Waals surface area contributed by atoms with Gasteiger partial charge in [0.25, 0.3) is 0 Å². The molecule has 0 atom stereocenters. The number of quaternary nitrogens is 1. The van der Waals surface area contributed by atoms with E-state index in [-0.39, 0.29) is 0 Å². The van der Waals surface area contributed by atoms with Crippen LogP contribution in [0.1, 0.15) is 6.92 Å². The lowest BCUT2D eigenvalue weighted by molar-refractivity contribution is -0.174. The van der Waals surface area contributed by atoms with Crippen molar-refractivity contribution in [3.8, 4) is 0 Å². The van der Waals surface area contributed by atoms with Crippen LogP contribution < -0.4 is 5.14 Å². The second-order valence-electron chi connectivity index (χ2n) is 1.53. The van der Waals surface area contributed by atoms with E-state index in [2.05, 4.69) is 5.14 Å². The normalized spacial score (nSPS) is 12.5. The molecule has 0 amide bonds. The summed E-state index contributed by atoms with van der Waals surface area (Å²) in [5.41, 5.74) is 0. The van der Waals surface area contributed by atoms with E-state index in [0.717, 1.165) is 0 Å². The molecule has 0 fully saturated rings. The molecule has 0 aliphatic rings. The molecule has 0 saturated heterocycles. The monoisotopic (exact) mass is 139 g/mol. The van der Waals surface area contributed by atoms with E-state index in [0.29, 0.717) is 6.54 Å². The molecule has 0 rings (SSSR count). The Labute approximate surface area is 49.5 Å². The second-order valence-corrected chi connectivity index (χ2v) is 3.31. The van der Waals surface area contributed by atoms with Crippen LogP contribution in [0.2, 0.25) is 0 Å². The first kappa shape index (κ1) is 7.87. The van der Waals surface area contributed by atoms with Gasteiger partial charge in [0.1, 0.15) is 0 Å². The molecular weight excluding hydrogens is 128 g/mol. The molecule has 0 aliphatic heterocycles. The SMILES string of the molecule is CCN(C)S([NH3+])(=O)=O. The minimum absolute atomic E-state index is 0.478. The van der Waals surface area contributed by atoms with Crippen molar-refractivity contribution in [3.05, 3.63) is 0 Å². The number of rotatable bonds is 2. The van der Waals surface area contributed by atoms with Gasteiger partial charge in [-0.3, -0.25) is 0 Å². The van der Waals surface area contributed by atoms with Crippen molar-refractivity contribution in [3.63, 3.8) is 0 Å². The predicted octanol–water partition coefficient (Wildman–Crippen LogP) is -1.58. The van der Waals surface area contributed by atoms with Crippen molar-refractivity contribution in [2.45, 2.75) is 6.92 Å². The molecule has 5 heteroatoms. The molecule has 8 heavy (non-hydrogen) atoms. The maximum Gasteiger partial charge on any atom is 0.367 e. The van der Waals surface area contributed by atoms with E-state index in [9.17, 15) is 8.42 Å². The zero-order valence-electron chi connectivity index (χ0n) is 5.09. The Morgan fingerprint density at radius 1 is 1.62 bits per heavy atom. The van der Waals surface area contributed by atoms with Gasteiger partial charge in [0.05, 0.1) is 0 Å². The lowest BCUT2D eigenvalue weighted by atomic mass is 10.8. The Kier molecular flexibility index (Phi) is 2.39. The Balaban J connectivity index is 4.04. The molecule has 4 nitrogen and oxygen atoms in total. The molecule has 0 radical (unpaired) electrons. The van der Waals surface area contributed by atoms with E-state index < -0.39 is 10.2 Å². The van der Waals surface area contributed by atoms with Gasteiger partial charge < -0.3 is 0 Å². The van der Waals surface area contributed by atoms with Crippen LogP contribution in [0.15, 0.2) is 0 Å². The Hall–Kier alpha value is -0.130. The van der Waals surface area contributed by atoms with Gasteiger partial charge in [-0.2, -0.15) is 12.7 Å². The summed E-state index contributed by atoms with van der Waals surface area (Å²) in [7, 11) is -1.68. The van der Waals surface area contributed by atoms with E-state index in [1.165, 1.54) is 11.4 Å². The van der Waals surface area contributed by atoms with Crippen molar-refractivity contribution < 1.29 is 13.6 Å². The average Bonchev–Trinajstić information content (AvgIpc) is 1.62. The second kappa shape index (κ2) is 2.43. The van der Waals surface area contributed by atoms with Gasteiger partial charge in [0.15, 0.2) is 0 Å². The summed E-state index contributed by atoms with van der Waals surface area (Å²) in [6, 6.07) is 0. The summed E-state index contributed by atoms with van der Waals surface area (Å²) in [5, 5.41) is 2.94. The molecule has 0 heterocycles. The lowest BCUT2D eigenvalue weighted by Gasteiger charge is -2.04. The Morgan fingerprint density at radius 2 is 2.00 bits per heavy atom. The van der Waals surface area contributed by atoms with Gasteiger partial charge in [0, 0.05) is 13.6 Å². The van der Waals surface area contributed by atoms with Crippen molar-refractivity contribution >= 4 is 10.2 Å². The summed E-state index contributed by atoms with van der Waals surface area (Å²) in [5.74, 6) is 0. The van der Waals surface area contributed by atoms with E-state index >= 15 is 0 Å². The first-order valence-electron chi connectivity index (χ1n) is 2.28. The van der Waals surface area contributed by atoms with E-state index in [1.807, 2.05) is 0 Å². The number of nitrogens with zero attached hydrogens (tertiary/aromatic N) is 1. The van der Waals surface area contributed by atoms with Gasteiger partial charge in [-0.1, -0.05) is 6.92 Å². The van der Waals surface area contributed by atoms with Crippen LogP contribution in [-0.4, -0.2) is 26.3 Å². The Morgan fingerprint density at radius 3 is 2.00 bits per heavy atom. The zero-order valence-corrected chi connectivity index (χ0v) is 5.90. The minimum atomic E-state index is -3.17. The molecule has 0 unspecified atom stereocenters. The molecule has 0 bridgehead atoms. The fourth-order valence-electron chi connectivity index (χ4n) is 0.197. The van der Waals surface area contributed by atoms with E-state index in [1.54, 1.807) is 6.92 Å². The van der Waals surface area contributed by atoms with Gasteiger partial charge >= 0.3 is 10.2 Å². The molecule has 0 saturated carbocycles. The number of hydrogen-bond donors (Lipinski definition) is 1. The standard InChI is InChI=1S/C3H10N2O2S/c1-3-5(2)8(4,6)7/h3H2,1-2H3,(H2,4,6,7)/p+1. The van der Waals surface area contributed by atoms with Crippen molar-refractivity contribution in [2.75, 3.05) is 13.6 Å². The highest BCUT2D eigenvalue weighted by molar-refractivity contribution is 7.81. The highest BCUT2D eigenvalue weighted by Gasteiger charge is 2.10. The summed E-state index contributed by atoms with van der Waals surface area (Å²) < 4.78 is 21.9. The topological polar surface area (TPSA) is 65.0 Å². The molecular formula is C3H11N2O2S+. The van der Waals surface area contributed by atoms with Crippen LogP contribution in [-0.2, 0) is 10.2 Å². The van der Waals surface area contributed by atoms with Crippen LogP contribution in [0.3, 0.4) is 0 Å². The van der Waals surface area contributed by atoms with Gasteiger partial charge in [0.2, 0.25) is 0 Å². The fourth-order valence-corrected chi connectivity index (χ4v) is 0.590. The van der Waals surface area contributed by atoms with Crippen molar-refractivity contribution in [2.24, 2.45) is 0 Å². The molecule has 0 aromatic carbocycles. The van der Waals surface area contributed by atoms with Gasteiger partial charge in [-0.25, -0.2) is 5.14 Å². The zero-order chi connectivity index (χ0) is 6.78. The maximum atomic E-state index is 10.4. The molecule has 0 spiro atoms. The molecule has 0 aromatic heterocycles. The number of hydrogen-bond acceptors (Lipinski definition) is 2. The molecule has 0 aromatic rings. The highest BCUT2D eigenvalue weighted by atomic mass is 32.2. The Bertz CT molecular complexity index is 151. The van der Waals surface area contributed by atoms with Crippen LogP contribution in [0.5, 0.6) is 0 Å². The third-order valence-corrected chi connectivity index (χ3v) is 2.13. The predicted molar refractivity (Wildman–Crippen MR) is 30.1 cm³/mol. The largest absolute Gasteiger partial charge is 0.367 e. The summed E-state index contributed by atoms with van der Waals surface area (Å²) in [4.78, 5) is 0. The summed E-state index contributed by atoms with van der Waals surface area (Å²) >= 11 is 0. The van der Waals surface area contributed by atoms with Crippen LogP contribution in [0, 0.1) is 0 Å².